The van der Waals surface area contributed by atoms with Crippen LogP contribution in [-0.4, -0.2) is 47.3 Å². The van der Waals surface area contributed by atoms with E-state index in [1.165, 1.54) is 13.5 Å². The van der Waals surface area contributed by atoms with Crippen molar-refractivity contribution in [3.8, 4) is 0 Å². The van der Waals surface area contributed by atoms with Gasteiger partial charge in [-0.2, -0.15) is 4.37 Å². The third-order valence-corrected chi connectivity index (χ3v) is 4.35. The first kappa shape index (κ1) is 15.6. The number of nitrogens with zero attached hydrogens (tertiary/aromatic N) is 2. The topological polar surface area (TPSA) is 100 Å². The Morgan fingerprint density at radius 1 is 1.33 bits per heavy atom. The number of nitrogens with two attached hydrogens (primary N) is 1. The number of nitrogen functional groups attached to an aromatic ring is 1. The van der Waals surface area contributed by atoms with Crippen LogP contribution in [0.2, 0.25) is 0 Å². The number of carbonyl (C=O) groups is 2. The minimum atomic E-state index is -0.411. The van der Waals surface area contributed by atoms with Crippen LogP contribution in [0.3, 0.4) is 0 Å². The van der Waals surface area contributed by atoms with Gasteiger partial charge in [0.15, 0.2) is 5.82 Å². The predicted molar refractivity (Wildman–Crippen MR) is 83.4 cm³/mol. The molecule has 8 heteroatoms. The van der Waals surface area contributed by atoms with E-state index in [1.54, 1.807) is 6.92 Å². The number of amides is 2. The van der Waals surface area contributed by atoms with Crippen molar-refractivity contribution < 1.29 is 9.59 Å². The molecule has 2 rings (SSSR count). The molecule has 0 aromatic carbocycles. The number of piperidine rings is 1. The highest BCUT2D eigenvalue weighted by molar-refractivity contribution is 7.11. The minimum absolute atomic E-state index is 0.0459. The van der Waals surface area contributed by atoms with E-state index in [-0.39, 0.29) is 17.6 Å². The first-order chi connectivity index (χ1) is 10.0. The van der Waals surface area contributed by atoms with Gasteiger partial charge in [0.2, 0.25) is 5.91 Å². The van der Waals surface area contributed by atoms with Gasteiger partial charge in [0.05, 0.1) is 0 Å². The van der Waals surface area contributed by atoms with Gasteiger partial charge in [0, 0.05) is 20.1 Å². The largest absolute Gasteiger partial charge is 0.382 e. The summed E-state index contributed by atoms with van der Waals surface area (Å²) < 4.78 is 3.98. The Bertz CT molecular complexity index is 525. The molecule has 116 valence electrons. The van der Waals surface area contributed by atoms with Crippen molar-refractivity contribution in [2.75, 3.05) is 31.2 Å². The SMILES string of the molecule is CNC(=O)c1c(N)nsc1NC(C)C(=O)N1CCCCC1. The molecule has 1 unspecified atom stereocenters. The van der Waals surface area contributed by atoms with Crippen LogP contribution in [0, 0.1) is 0 Å². The van der Waals surface area contributed by atoms with Gasteiger partial charge in [0.25, 0.3) is 5.91 Å². The molecule has 1 aromatic heterocycles. The number of hydrogen-bond acceptors (Lipinski definition) is 6. The molecule has 0 spiro atoms. The van der Waals surface area contributed by atoms with Gasteiger partial charge >= 0.3 is 0 Å². The molecule has 4 N–H and O–H groups in total. The molecular weight excluding hydrogens is 290 g/mol. The average Bonchev–Trinajstić information content (AvgIpc) is 2.87. The minimum Gasteiger partial charge on any atom is -0.382 e. The number of anilines is 2. The molecule has 1 fully saturated rings. The summed E-state index contributed by atoms with van der Waals surface area (Å²) >= 11 is 1.09. The molecule has 0 saturated carbocycles. The second kappa shape index (κ2) is 6.75. The number of rotatable bonds is 4. The maximum absolute atomic E-state index is 12.4. The van der Waals surface area contributed by atoms with Crippen LogP contribution in [0.15, 0.2) is 0 Å². The van der Waals surface area contributed by atoms with Crippen molar-refractivity contribution in [2.24, 2.45) is 0 Å². The molecule has 21 heavy (non-hydrogen) atoms. The van der Waals surface area contributed by atoms with E-state index in [4.69, 9.17) is 5.73 Å². The lowest BCUT2D eigenvalue weighted by atomic mass is 10.1. The van der Waals surface area contributed by atoms with Crippen LogP contribution >= 0.6 is 11.5 Å². The van der Waals surface area contributed by atoms with Gasteiger partial charge < -0.3 is 21.3 Å². The van der Waals surface area contributed by atoms with Crippen LogP contribution in [0.5, 0.6) is 0 Å². The summed E-state index contributed by atoms with van der Waals surface area (Å²) in [5.41, 5.74) is 6.02. The fourth-order valence-electron chi connectivity index (χ4n) is 2.39. The van der Waals surface area contributed by atoms with Gasteiger partial charge in [-0.05, 0) is 37.7 Å². The van der Waals surface area contributed by atoms with E-state index in [9.17, 15) is 9.59 Å². The third-order valence-electron chi connectivity index (χ3n) is 3.56. The zero-order chi connectivity index (χ0) is 15.4. The number of carbonyl (C=O) groups excluding carboxylic acids is 2. The van der Waals surface area contributed by atoms with Crippen LogP contribution in [0.1, 0.15) is 36.5 Å². The van der Waals surface area contributed by atoms with E-state index >= 15 is 0 Å². The number of hydrogen-bond donors (Lipinski definition) is 3. The van der Waals surface area contributed by atoms with Crippen molar-refractivity contribution in [1.82, 2.24) is 14.6 Å². The Morgan fingerprint density at radius 2 is 2.00 bits per heavy atom. The fourth-order valence-corrected chi connectivity index (χ4v) is 3.19. The standard InChI is InChI=1S/C13H21N5O2S/c1-8(13(20)18-6-4-3-5-7-18)16-12-9(11(19)15-2)10(14)17-21-12/h8,16H,3-7H2,1-2H3,(H2,14,17)(H,15,19). The van der Waals surface area contributed by atoms with E-state index in [2.05, 4.69) is 15.0 Å². The normalized spacial score (nSPS) is 16.4. The molecule has 1 aliphatic heterocycles. The molecule has 1 aliphatic rings. The molecule has 0 aliphatic carbocycles. The molecule has 1 aromatic rings. The van der Waals surface area contributed by atoms with Crippen LogP contribution in [0.4, 0.5) is 10.8 Å². The fraction of sp³-hybridized carbons (Fsp3) is 0.615. The lowest BCUT2D eigenvalue weighted by Gasteiger charge is -2.29. The van der Waals surface area contributed by atoms with E-state index < -0.39 is 6.04 Å². The lowest BCUT2D eigenvalue weighted by molar-refractivity contribution is -0.132. The quantitative estimate of drug-likeness (QED) is 0.767. The van der Waals surface area contributed by atoms with Crippen molar-refractivity contribution in [2.45, 2.75) is 32.2 Å². The van der Waals surface area contributed by atoms with Crippen LogP contribution in [0.25, 0.3) is 0 Å². The summed E-state index contributed by atoms with van der Waals surface area (Å²) in [7, 11) is 1.53. The van der Waals surface area contributed by atoms with Gasteiger partial charge in [0.1, 0.15) is 16.6 Å². The first-order valence-corrected chi connectivity index (χ1v) is 7.84. The summed E-state index contributed by atoms with van der Waals surface area (Å²) in [5.74, 6) is -0.0784. The molecule has 1 saturated heterocycles. The van der Waals surface area contributed by atoms with Crippen molar-refractivity contribution in [3.05, 3.63) is 5.56 Å². The second-order valence-electron chi connectivity index (χ2n) is 5.10. The molecule has 0 bridgehead atoms. The average molecular weight is 311 g/mol. The van der Waals surface area contributed by atoms with Gasteiger partial charge in [-0.15, -0.1) is 0 Å². The van der Waals surface area contributed by atoms with E-state index in [0.717, 1.165) is 37.5 Å². The number of likely N-dealkylation sites (tertiary alicyclic amines) is 1. The Morgan fingerprint density at radius 3 is 2.62 bits per heavy atom. The first-order valence-electron chi connectivity index (χ1n) is 7.07. The maximum atomic E-state index is 12.4. The van der Waals surface area contributed by atoms with Gasteiger partial charge in [-0.1, -0.05) is 0 Å². The van der Waals surface area contributed by atoms with Crippen molar-refractivity contribution >= 4 is 34.2 Å². The van der Waals surface area contributed by atoms with E-state index in [1.807, 2.05) is 4.90 Å². The highest BCUT2D eigenvalue weighted by Gasteiger charge is 2.25. The zero-order valence-corrected chi connectivity index (χ0v) is 13.1. The molecule has 0 radical (unpaired) electrons. The zero-order valence-electron chi connectivity index (χ0n) is 12.3. The van der Waals surface area contributed by atoms with Crippen LogP contribution in [-0.2, 0) is 4.79 Å². The number of aromatic nitrogens is 1. The van der Waals surface area contributed by atoms with Crippen LogP contribution < -0.4 is 16.4 Å². The molecule has 1 atom stereocenters. The summed E-state index contributed by atoms with van der Waals surface area (Å²) in [5, 5.41) is 6.13. The summed E-state index contributed by atoms with van der Waals surface area (Å²) in [6.45, 7) is 3.40. The Labute approximate surface area is 128 Å². The molecule has 2 amide bonds. The summed E-state index contributed by atoms with van der Waals surface area (Å²) in [6, 6.07) is -0.411. The highest BCUT2D eigenvalue weighted by atomic mass is 32.1. The molecular formula is C13H21N5O2S. The summed E-state index contributed by atoms with van der Waals surface area (Å²) in [6.07, 6.45) is 3.28. The van der Waals surface area contributed by atoms with Gasteiger partial charge in [-0.25, -0.2) is 0 Å². The molecule has 7 nitrogen and oxygen atoms in total. The third kappa shape index (κ3) is 3.44. The Kier molecular flexibility index (Phi) is 5.00. The number of nitrogens with one attached hydrogen (secondary N) is 2. The summed E-state index contributed by atoms with van der Waals surface area (Å²) in [4.78, 5) is 26.1. The van der Waals surface area contributed by atoms with E-state index in [0.29, 0.717) is 10.6 Å². The lowest BCUT2D eigenvalue weighted by Crippen LogP contribution is -2.44. The molecule has 2 heterocycles. The van der Waals surface area contributed by atoms with Crippen molar-refractivity contribution in [1.29, 1.82) is 0 Å². The smallest absolute Gasteiger partial charge is 0.257 e. The monoisotopic (exact) mass is 311 g/mol. The second-order valence-corrected chi connectivity index (χ2v) is 5.88. The Balaban J connectivity index is 2.07. The maximum Gasteiger partial charge on any atom is 0.257 e. The highest BCUT2D eigenvalue weighted by Crippen LogP contribution is 2.27. The Hall–Kier alpha value is -1.83. The predicted octanol–water partition coefficient (Wildman–Crippen LogP) is 0.898. The van der Waals surface area contributed by atoms with Gasteiger partial charge in [-0.3, -0.25) is 9.59 Å². The van der Waals surface area contributed by atoms with Crippen molar-refractivity contribution in [3.63, 3.8) is 0 Å².